The van der Waals surface area contributed by atoms with Gasteiger partial charge in [0.1, 0.15) is 0 Å². The fourth-order valence-corrected chi connectivity index (χ4v) is 3.21. The number of nitrogens with zero attached hydrogens (tertiary/aromatic N) is 4. The van der Waals surface area contributed by atoms with Crippen LogP contribution in [0.25, 0.3) is 22.4 Å². The summed E-state index contributed by atoms with van der Waals surface area (Å²) in [4.78, 5) is 20.5. The summed E-state index contributed by atoms with van der Waals surface area (Å²) in [5.74, 6) is 0.609. The minimum Gasteiger partial charge on any atom is -0.354 e. The lowest BCUT2D eigenvalue weighted by Gasteiger charge is -2.10. The standard InChI is InChI=1S/C18H16N6S/c1-2-13(8-19-5-1)17-16(14-4-7-25-11-14)10-22-18(24-17)21-6-3-15-9-20-12-23-15/h1-2,4-5,7-12H,3,6H2,(H,20,23)(H,21,22,24). The third kappa shape index (κ3) is 3.56. The van der Waals surface area contributed by atoms with E-state index in [1.165, 1.54) is 0 Å². The van der Waals surface area contributed by atoms with Gasteiger partial charge in [0, 0.05) is 54.6 Å². The molecule has 7 heteroatoms. The molecule has 4 aromatic heterocycles. The number of anilines is 1. The number of hydrogen-bond acceptors (Lipinski definition) is 6. The van der Waals surface area contributed by atoms with Crippen LogP contribution in [-0.4, -0.2) is 31.5 Å². The smallest absolute Gasteiger partial charge is 0.223 e. The van der Waals surface area contributed by atoms with Crippen LogP contribution in [0.4, 0.5) is 5.95 Å². The summed E-state index contributed by atoms with van der Waals surface area (Å²) < 4.78 is 0. The van der Waals surface area contributed by atoms with Gasteiger partial charge in [0.25, 0.3) is 0 Å². The molecule has 0 radical (unpaired) electrons. The van der Waals surface area contributed by atoms with Crippen molar-refractivity contribution in [2.24, 2.45) is 0 Å². The average Bonchev–Trinajstić information content (AvgIpc) is 3.36. The molecule has 4 rings (SSSR count). The maximum Gasteiger partial charge on any atom is 0.223 e. The van der Waals surface area contributed by atoms with Crippen LogP contribution < -0.4 is 5.32 Å². The highest BCUT2D eigenvalue weighted by Gasteiger charge is 2.12. The Morgan fingerprint density at radius 2 is 2.08 bits per heavy atom. The first-order chi connectivity index (χ1) is 12.4. The summed E-state index contributed by atoms with van der Waals surface area (Å²) in [5, 5.41) is 7.43. The number of hydrogen-bond donors (Lipinski definition) is 2. The lowest BCUT2D eigenvalue weighted by atomic mass is 10.0. The highest BCUT2D eigenvalue weighted by atomic mass is 32.1. The molecule has 0 aliphatic heterocycles. The molecule has 0 saturated carbocycles. The lowest BCUT2D eigenvalue weighted by Crippen LogP contribution is -2.09. The van der Waals surface area contributed by atoms with Crippen molar-refractivity contribution in [1.82, 2.24) is 24.9 Å². The molecule has 25 heavy (non-hydrogen) atoms. The first kappa shape index (κ1) is 15.5. The van der Waals surface area contributed by atoms with Crippen LogP contribution >= 0.6 is 11.3 Å². The Labute approximate surface area is 149 Å². The van der Waals surface area contributed by atoms with E-state index in [4.69, 9.17) is 4.98 Å². The first-order valence-corrected chi connectivity index (χ1v) is 8.85. The number of imidazole rings is 1. The molecule has 2 N–H and O–H groups in total. The Morgan fingerprint density at radius 1 is 1.08 bits per heavy atom. The zero-order chi connectivity index (χ0) is 16.9. The van der Waals surface area contributed by atoms with Gasteiger partial charge in [0.2, 0.25) is 5.95 Å². The van der Waals surface area contributed by atoms with Crippen molar-refractivity contribution in [2.45, 2.75) is 6.42 Å². The number of aromatic nitrogens is 5. The lowest BCUT2D eigenvalue weighted by molar-refractivity contribution is 0.954. The van der Waals surface area contributed by atoms with Crippen LogP contribution in [0, 0.1) is 0 Å². The van der Waals surface area contributed by atoms with Gasteiger partial charge in [-0.2, -0.15) is 11.3 Å². The summed E-state index contributed by atoms with van der Waals surface area (Å²) >= 11 is 1.66. The molecule has 0 unspecified atom stereocenters. The number of H-pyrrole nitrogens is 1. The van der Waals surface area contributed by atoms with Crippen molar-refractivity contribution < 1.29 is 0 Å². The quantitative estimate of drug-likeness (QED) is 0.556. The number of rotatable bonds is 6. The first-order valence-electron chi connectivity index (χ1n) is 7.91. The van der Waals surface area contributed by atoms with E-state index in [1.807, 2.05) is 30.7 Å². The second-order valence-corrected chi connectivity index (χ2v) is 6.24. The van der Waals surface area contributed by atoms with E-state index in [0.717, 1.165) is 41.0 Å². The molecular weight excluding hydrogens is 332 g/mol. The molecule has 0 spiro atoms. The highest BCUT2D eigenvalue weighted by molar-refractivity contribution is 7.08. The van der Waals surface area contributed by atoms with Crippen LogP contribution in [0.5, 0.6) is 0 Å². The zero-order valence-corrected chi connectivity index (χ0v) is 14.2. The molecule has 6 nitrogen and oxygen atoms in total. The summed E-state index contributed by atoms with van der Waals surface area (Å²) in [5.41, 5.74) is 5.06. The van der Waals surface area contributed by atoms with Gasteiger partial charge in [0.15, 0.2) is 0 Å². The van der Waals surface area contributed by atoms with E-state index in [0.29, 0.717) is 5.95 Å². The molecule has 0 aliphatic carbocycles. The monoisotopic (exact) mass is 348 g/mol. The molecule has 4 heterocycles. The third-order valence-electron chi connectivity index (χ3n) is 3.79. The van der Waals surface area contributed by atoms with E-state index in [9.17, 15) is 0 Å². The van der Waals surface area contributed by atoms with Gasteiger partial charge >= 0.3 is 0 Å². The molecule has 0 aromatic carbocycles. The summed E-state index contributed by atoms with van der Waals surface area (Å²) in [6, 6.07) is 6.01. The Kier molecular flexibility index (Phi) is 4.47. The average molecular weight is 348 g/mol. The number of thiophene rings is 1. The topological polar surface area (TPSA) is 79.4 Å². The molecule has 0 atom stereocenters. The van der Waals surface area contributed by atoms with E-state index in [1.54, 1.807) is 23.9 Å². The third-order valence-corrected chi connectivity index (χ3v) is 4.47. The van der Waals surface area contributed by atoms with Crippen molar-refractivity contribution in [2.75, 3.05) is 11.9 Å². The summed E-state index contributed by atoms with van der Waals surface area (Å²) in [7, 11) is 0. The summed E-state index contributed by atoms with van der Waals surface area (Å²) in [6.07, 6.45) is 9.80. The summed E-state index contributed by atoms with van der Waals surface area (Å²) in [6.45, 7) is 0.729. The van der Waals surface area contributed by atoms with Gasteiger partial charge in [-0.15, -0.1) is 0 Å². The number of pyridine rings is 1. The van der Waals surface area contributed by atoms with Crippen molar-refractivity contribution >= 4 is 17.3 Å². The van der Waals surface area contributed by atoms with E-state index < -0.39 is 0 Å². The van der Waals surface area contributed by atoms with Crippen LogP contribution in [0.3, 0.4) is 0 Å². The second-order valence-electron chi connectivity index (χ2n) is 5.46. The van der Waals surface area contributed by atoms with Crippen LogP contribution in [0.2, 0.25) is 0 Å². The zero-order valence-electron chi connectivity index (χ0n) is 13.4. The highest BCUT2D eigenvalue weighted by Crippen LogP contribution is 2.31. The maximum absolute atomic E-state index is 4.73. The number of nitrogens with one attached hydrogen (secondary N) is 2. The molecule has 0 amide bonds. The van der Waals surface area contributed by atoms with Gasteiger partial charge in [-0.25, -0.2) is 15.0 Å². The van der Waals surface area contributed by atoms with Gasteiger partial charge in [-0.3, -0.25) is 4.98 Å². The fraction of sp³-hybridized carbons (Fsp3) is 0.111. The van der Waals surface area contributed by atoms with Crippen LogP contribution in [0.15, 0.2) is 60.1 Å². The van der Waals surface area contributed by atoms with Gasteiger partial charge in [-0.1, -0.05) is 0 Å². The Balaban J connectivity index is 1.61. The molecule has 124 valence electrons. The number of aromatic amines is 1. The molecular formula is C18H16N6S. The molecule has 4 aromatic rings. The Bertz CT molecular complexity index is 920. The van der Waals surface area contributed by atoms with Crippen molar-refractivity contribution in [1.29, 1.82) is 0 Å². The van der Waals surface area contributed by atoms with Crippen LogP contribution in [0.1, 0.15) is 5.69 Å². The predicted octanol–water partition coefficient (Wildman–Crippen LogP) is 3.64. The minimum absolute atomic E-state index is 0.609. The SMILES string of the molecule is c1cncc(-c2nc(NCCc3cnc[nH]3)ncc2-c2ccsc2)c1. The maximum atomic E-state index is 4.73. The molecule has 0 fully saturated rings. The normalized spacial score (nSPS) is 10.7. The largest absolute Gasteiger partial charge is 0.354 e. The molecule has 0 saturated heterocycles. The van der Waals surface area contributed by atoms with Gasteiger partial charge in [-0.05, 0) is 34.5 Å². The Hall–Kier alpha value is -3.06. The second kappa shape index (κ2) is 7.23. The van der Waals surface area contributed by atoms with Gasteiger partial charge < -0.3 is 10.3 Å². The van der Waals surface area contributed by atoms with E-state index in [-0.39, 0.29) is 0 Å². The fourth-order valence-electron chi connectivity index (χ4n) is 2.55. The molecule has 0 aliphatic rings. The predicted molar refractivity (Wildman–Crippen MR) is 99.4 cm³/mol. The van der Waals surface area contributed by atoms with E-state index in [2.05, 4.69) is 42.1 Å². The van der Waals surface area contributed by atoms with E-state index >= 15 is 0 Å². The van der Waals surface area contributed by atoms with Crippen molar-refractivity contribution in [3.05, 3.63) is 65.8 Å². The Morgan fingerprint density at radius 3 is 2.84 bits per heavy atom. The molecule has 0 bridgehead atoms. The van der Waals surface area contributed by atoms with Crippen LogP contribution in [-0.2, 0) is 6.42 Å². The minimum atomic E-state index is 0.609. The van der Waals surface area contributed by atoms with Gasteiger partial charge in [0.05, 0.1) is 12.0 Å². The van der Waals surface area contributed by atoms with Crippen molar-refractivity contribution in [3.8, 4) is 22.4 Å². The van der Waals surface area contributed by atoms with Crippen molar-refractivity contribution in [3.63, 3.8) is 0 Å².